The third kappa shape index (κ3) is 3.21. The smallest absolute Gasteiger partial charge is 0.133 e. The fraction of sp³-hybridized carbons (Fsp3) is 0.733. The summed E-state index contributed by atoms with van der Waals surface area (Å²) in [5, 5.41) is 3.58. The second-order valence-corrected chi connectivity index (χ2v) is 5.65. The predicted molar refractivity (Wildman–Crippen MR) is 75.8 cm³/mol. The van der Waals surface area contributed by atoms with Crippen LogP contribution >= 0.6 is 0 Å². The van der Waals surface area contributed by atoms with Gasteiger partial charge >= 0.3 is 0 Å². The second-order valence-electron chi connectivity index (χ2n) is 5.65. The average Bonchev–Trinajstić information content (AvgIpc) is 2.39. The molecule has 18 heavy (non-hydrogen) atoms. The van der Waals surface area contributed by atoms with Crippen molar-refractivity contribution in [1.29, 1.82) is 0 Å². The van der Waals surface area contributed by atoms with Crippen molar-refractivity contribution in [3.05, 3.63) is 17.6 Å². The Morgan fingerprint density at radius 3 is 2.78 bits per heavy atom. The highest BCUT2D eigenvalue weighted by Gasteiger charge is 2.17. The van der Waals surface area contributed by atoms with Crippen molar-refractivity contribution in [3.8, 4) is 0 Å². The molecule has 1 heterocycles. The zero-order valence-corrected chi connectivity index (χ0v) is 11.9. The molecule has 100 valence electrons. The lowest BCUT2D eigenvalue weighted by Gasteiger charge is -2.22. The van der Waals surface area contributed by atoms with Crippen LogP contribution in [0.25, 0.3) is 0 Å². The summed E-state index contributed by atoms with van der Waals surface area (Å²) in [4.78, 5) is 8.86. The molecule has 1 aliphatic rings. The van der Waals surface area contributed by atoms with Crippen LogP contribution in [0.2, 0.25) is 0 Å². The summed E-state index contributed by atoms with van der Waals surface area (Å²) in [5.74, 6) is 1.85. The van der Waals surface area contributed by atoms with Crippen molar-refractivity contribution in [2.24, 2.45) is 5.92 Å². The Hall–Kier alpha value is -1.12. The molecule has 2 rings (SSSR count). The Morgan fingerprint density at radius 2 is 2.00 bits per heavy atom. The van der Waals surface area contributed by atoms with Crippen LogP contribution in [-0.2, 0) is 12.8 Å². The van der Waals surface area contributed by atoms with Crippen molar-refractivity contribution >= 4 is 5.82 Å². The molecular weight excluding hydrogens is 222 g/mol. The van der Waals surface area contributed by atoms with E-state index in [0.29, 0.717) is 6.04 Å². The van der Waals surface area contributed by atoms with Gasteiger partial charge in [0.05, 0.1) is 0 Å². The van der Waals surface area contributed by atoms with E-state index in [1.807, 2.05) is 0 Å². The SMILES string of the molecule is CCC(C)CC(C)Nc1ncnc2c1CCCC2. The number of nitrogens with one attached hydrogen (secondary N) is 1. The van der Waals surface area contributed by atoms with Gasteiger partial charge in [-0.1, -0.05) is 20.3 Å². The number of hydrogen-bond acceptors (Lipinski definition) is 3. The summed E-state index contributed by atoms with van der Waals surface area (Å²) >= 11 is 0. The molecule has 0 amide bonds. The van der Waals surface area contributed by atoms with Crippen molar-refractivity contribution in [1.82, 2.24) is 9.97 Å². The maximum absolute atomic E-state index is 4.44. The van der Waals surface area contributed by atoms with Gasteiger partial charge in [-0.3, -0.25) is 0 Å². The largest absolute Gasteiger partial charge is 0.367 e. The summed E-state index contributed by atoms with van der Waals surface area (Å²) in [6.45, 7) is 6.82. The molecular formula is C15H25N3. The van der Waals surface area contributed by atoms with Gasteiger partial charge < -0.3 is 5.32 Å². The zero-order chi connectivity index (χ0) is 13.0. The molecule has 0 radical (unpaired) electrons. The minimum absolute atomic E-state index is 0.487. The number of aromatic nitrogens is 2. The Bertz CT molecular complexity index is 389. The molecule has 3 nitrogen and oxygen atoms in total. The third-order valence-corrected chi connectivity index (χ3v) is 3.96. The van der Waals surface area contributed by atoms with E-state index in [9.17, 15) is 0 Å². The highest BCUT2D eigenvalue weighted by molar-refractivity contribution is 5.47. The number of anilines is 1. The molecule has 0 aliphatic heterocycles. The molecule has 0 bridgehead atoms. The van der Waals surface area contributed by atoms with E-state index in [4.69, 9.17) is 0 Å². The molecule has 1 aromatic heterocycles. The first kappa shape index (κ1) is 13.3. The van der Waals surface area contributed by atoms with Gasteiger partial charge in [0.2, 0.25) is 0 Å². The average molecular weight is 247 g/mol. The minimum atomic E-state index is 0.487. The fourth-order valence-electron chi connectivity index (χ4n) is 2.71. The molecule has 0 saturated carbocycles. The molecule has 1 aliphatic carbocycles. The Labute approximate surface area is 110 Å². The molecule has 3 heteroatoms. The Morgan fingerprint density at radius 1 is 1.22 bits per heavy atom. The molecule has 2 atom stereocenters. The molecule has 0 spiro atoms. The van der Waals surface area contributed by atoms with Crippen LogP contribution in [-0.4, -0.2) is 16.0 Å². The molecule has 0 fully saturated rings. The van der Waals surface area contributed by atoms with E-state index in [1.54, 1.807) is 6.33 Å². The lowest BCUT2D eigenvalue weighted by atomic mass is 9.95. The van der Waals surface area contributed by atoms with Gasteiger partial charge in [0.15, 0.2) is 0 Å². The van der Waals surface area contributed by atoms with Crippen LogP contribution in [0.4, 0.5) is 5.82 Å². The Kier molecular flexibility index (Phi) is 4.56. The van der Waals surface area contributed by atoms with E-state index in [2.05, 4.69) is 36.1 Å². The van der Waals surface area contributed by atoms with Crippen LogP contribution in [0.5, 0.6) is 0 Å². The van der Waals surface area contributed by atoms with E-state index < -0.39 is 0 Å². The van der Waals surface area contributed by atoms with E-state index >= 15 is 0 Å². The van der Waals surface area contributed by atoms with E-state index in [1.165, 1.54) is 36.9 Å². The van der Waals surface area contributed by atoms with Gasteiger partial charge in [-0.2, -0.15) is 0 Å². The first-order valence-corrected chi connectivity index (χ1v) is 7.30. The quantitative estimate of drug-likeness (QED) is 0.864. The lowest BCUT2D eigenvalue weighted by molar-refractivity contribution is 0.482. The van der Waals surface area contributed by atoms with Gasteiger partial charge in [0.25, 0.3) is 0 Å². The minimum Gasteiger partial charge on any atom is -0.367 e. The maximum atomic E-state index is 4.44. The van der Waals surface area contributed by atoms with E-state index in [0.717, 1.165) is 24.6 Å². The normalized spacial score (nSPS) is 17.9. The standard InChI is InChI=1S/C15H25N3/c1-4-11(2)9-12(3)18-15-13-7-5-6-8-14(13)16-10-17-15/h10-12H,4-9H2,1-3H3,(H,16,17,18). The monoisotopic (exact) mass is 247 g/mol. The summed E-state index contributed by atoms with van der Waals surface area (Å²) < 4.78 is 0. The Balaban J connectivity index is 2.05. The van der Waals surface area contributed by atoms with Crippen LogP contribution < -0.4 is 5.32 Å². The van der Waals surface area contributed by atoms with Gasteiger partial charge in [0.1, 0.15) is 12.1 Å². The zero-order valence-electron chi connectivity index (χ0n) is 11.9. The van der Waals surface area contributed by atoms with Gasteiger partial charge in [-0.15, -0.1) is 0 Å². The topological polar surface area (TPSA) is 37.8 Å². The van der Waals surface area contributed by atoms with Gasteiger partial charge in [-0.05, 0) is 44.9 Å². The molecule has 1 N–H and O–H groups in total. The summed E-state index contributed by atoms with van der Waals surface area (Å²) in [6.07, 6.45) is 8.95. The van der Waals surface area contributed by atoms with Crippen molar-refractivity contribution in [3.63, 3.8) is 0 Å². The fourth-order valence-corrected chi connectivity index (χ4v) is 2.71. The molecule has 0 saturated heterocycles. The highest BCUT2D eigenvalue weighted by Crippen LogP contribution is 2.25. The van der Waals surface area contributed by atoms with Crippen LogP contribution in [0.3, 0.4) is 0 Å². The number of fused-ring (bicyclic) bond motifs is 1. The van der Waals surface area contributed by atoms with Crippen LogP contribution in [0.15, 0.2) is 6.33 Å². The molecule has 2 unspecified atom stereocenters. The summed E-state index contributed by atoms with van der Waals surface area (Å²) in [6, 6.07) is 0.487. The highest BCUT2D eigenvalue weighted by atomic mass is 15.0. The summed E-state index contributed by atoms with van der Waals surface area (Å²) in [5.41, 5.74) is 2.62. The van der Waals surface area contributed by atoms with Crippen molar-refractivity contribution < 1.29 is 0 Å². The number of hydrogen-bond donors (Lipinski definition) is 1. The van der Waals surface area contributed by atoms with Gasteiger partial charge in [-0.25, -0.2) is 9.97 Å². The van der Waals surface area contributed by atoms with Crippen LogP contribution in [0, 0.1) is 5.92 Å². The van der Waals surface area contributed by atoms with E-state index in [-0.39, 0.29) is 0 Å². The number of aryl methyl sites for hydroxylation is 1. The summed E-state index contributed by atoms with van der Waals surface area (Å²) in [7, 11) is 0. The second kappa shape index (κ2) is 6.17. The molecule has 0 aromatic carbocycles. The first-order chi connectivity index (χ1) is 8.70. The van der Waals surface area contributed by atoms with Crippen molar-refractivity contribution in [2.75, 3.05) is 5.32 Å². The van der Waals surface area contributed by atoms with Crippen molar-refractivity contribution in [2.45, 2.75) is 65.3 Å². The lowest BCUT2D eigenvalue weighted by Crippen LogP contribution is -2.21. The first-order valence-electron chi connectivity index (χ1n) is 7.30. The predicted octanol–water partition coefficient (Wildman–Crippen LogP) is 3.59. The molecule has 1 aromatic rings. The van der Waals surface area contributed by atoms with Crippen LogP contribution in [0.1, 0.15) is 57.7 Å². The maximum Gasteiger partial charge on any atom is 0.133 e. The number of rotatable bonds is 5. The van der Waals surface area contributed by atoms with Gasteiger partial charge in [0, 0.05) is 17.3 Å². The third-order valence-electron chi connectivity index (χ3n) is 3.96. The number of nitrogens with zero attached hydrogens (tertiary/aromatic N) is 2.